The molecule has 0 aliphatic heterocycles. The van der Waals surface area contributed by atoms with Gasteiger partial charge < -0.3 is 4.74 Å². The second kappa shape index (κ2) is 5.34. The average molecular weight is 240 g/mol. The van der Waals surface area contributed by atoms with Crippen LogP contribution in [0.4, 0.5) is 8.78 Å². The van der Waals surface area contributed by atoms with Gasteiger partial charge in [-0.3, -0.25) is 9.78 Å². The summed E-state index contributed by atoms with van der Waals surface area (Å²) in [4.78, 5) is 14.8. The minimum Gasteiger partial charge on any atom is -0.469 e. The number of halogens is 2. The third-order valence-electron chi connectivity index (χ3n) is 2.31. The molecule has 1 heterocycles. The standard InChI is InChI=1S/C11H10F2N2O2/c1-6-10(11(12)13)8(3-9(16)17-2)7(4-14)5-15-6/h5,11H,3H2,1-2H3. The van der Waals surface area contributed by atoms with E-state index in [1.807, 2.05) is 0 Å². The van der Waals surface area contributed by atoms with Crippen LogP contribution >= 0.6 is 0 Å². The summed E-state index contributed by atoms with van der Waals surface area (Å²) in [5, 5.41) is 8.81. The predicted octanol–water partition coefficient (Wildman–Crippen LogP) is 1.91. The molecule has 1 rings (SSSR count). The van der Waals surface area contributed by atoms with Crippen LogP contribution in [0.1, 0.15) is 28.8 Å². The van der Waals surface area contributed by atoms with Gasteiger partial charge in [-0.05, 0) is 12.5 Å². The highest BCUT2D eigenvalue weighted by atomic mass is 19.3. The lowest BCUT2D eigenvalue weighted by atomic mass is 9.99. The van der Waals surface area contributed by atoms with Crippen LogP contribution in [0.2, 0.25) is 0 Å². The Morgan fingerprint density at radius 1 is 1.65 bits per heavy atom. The Morgan fingerprint density at radius 3 is 2.76 bits per heavy atom. The van der Waals surface area contributed by atoms with Crippen molar-refractivity contribution >= 4 is 5.97 Å². The molecule has 0 atom stereocenters. The smallest absolute Gasteiger partial charge is 0.310 e. The number of nitrogens with zero attached hydrogens (tertiary/aromatic N) is 2. The Hall–Kier alpha value is -2.03. The largest absolute Gasteiger partial charge is 0.469 e. The van der Waals surface area contributed by atoms with Crippen molar-refractivity contribution < 1.29 is 18.3 Å². The van der Waals surface area contributed by atoms with Gasteiger partial charge in [-0.15, -0.1) is 0 Å². The van der Waals surface area contributed by atoms with E-state index in [1.165, 1.54) is 13.1 Å². The quantitative estimate of drug-likeness (QED) is 0.757. The highest BCUT2D eigenvalue weighted by Gasteiger charge is 2.22. The lowest BCUT2D eigenvalue weighted by Crippen LogP contribution is -2.11. The fourth-order valence-corrected chi connectivity index (χ4v) is 1.47. The van der Waals surface area contributed by atoms with E-state index >= 15 is 0 Å². The lowest BCUT2D eigenvalue weighted by Gasteiger charge is -2.11. The van der Waals surface area contributed by atoms with E-state index in [2.05, 4.69) is 9.72 Å². The number of nitriles is 1. The number of carbonyl (C=O) groups is 1. The third-order valence-corrected chi connectivity index (χ3v) is 2.31. The van der Waals surface area contributed by atoms with E-state index in [9.17, 15) is 13.6 Å². The summed E-state index contributed by atoms with van der Waals surface area (Å²) in [5.74, 6) is -0.672. The molecule has 0 fully saturated rings. The average Bonchev–Trinajstić information content (AvgIpc) is 2.28. The number of esters is 1. The van der Waals surface area contributed by atoms with Gasteiger partial charge in [0.25, 0.3) is 6.43 Å². The van der Waals surface area contributed by atoms with Crippen molar-refractivity contribution in [2.45, 2.75) is 19.8 Å². The zero-order chi connectivity index (χ0) is 13.0. The highest BCUT2D eigenvalue weighted by molar-refractivity contribution is 5.74. The van der Waals surface area contributed by atoms with Crippen molar-refractivity contribution in [2.75, 3.05) is 7.11 Å². The first-order chi connectivity index (χ1) is 8.01. The predicted molar refractivity (Wildman–Crippen MR) is 54.4 cm³/mol. The van der Waals surface area contributed by atoms with E-state index < -0.39 is 12.4 Å². The van der Waals surface area contributed by atoms with Gasteiger partial charge in [-0.2, -0.15) is 5.26 Å². The normalized spacial score (nSPS) is 10.1. The van der Waals surface area contributed by atoms with Gasteiger partial charge in [0.1, 0.15) is 6.07 Å². The number of rotatable bonds is 3. The molecular formula is C11H10F2N2O2. The number of ether oxygens (including phenoxy) is 1. The van der Waals surface area contributed by atoms with Crippen molar-refractivity contribution in [1.29, 1.82) is 5.26 Å². The Labute approximate surface area is 96.8 Å². The van der Waals surface area contributed by atoms with Gasteiger partial charge in [0.05, 0.1) is 19.1 Å². The van der Waals surface area contributed by atoms with Crippen LogP contribution in [0, 0.1) is 18.3 Å². The molecule has 0 saturated carbocycles. The van der Waals surface area contributed by atoms with Crippen molar-refractivity contribution in [1.82, 2.24) is 4.98 Å². The number of aromatic nitrogens is 1. The number of aryl methyl sites for hydroxylation is 1. The zero-order valence-electron chi connectivity index (χ0n) is 9.33. The molecule has 1 aromatic heterocycles. The maximum absolute atomic E-state index is 12.9. The van der Waals surface area contributed by atoms with Crippen LogP contribution < -0.4 is 0 Å². The Morgan fingerprint density at radius 2 is 2.29 bits per heavy atom. The summed E-state index contributed by atoms with van der Waals surface area (Å²) in [7, 11) is 1.16. The number of methoxy groups -OCH3 is 1. The first kappa shape index (κ1) is 13.0. The summed E-state index contributed by atoms with van der Waals surface area (Å²) >= 11 is 0. The van der Waals surface area contributed by atoms with Gasteiger partial charge in [0.15, 0.2) is 0 Å². The van der Waals surface area contributed by atoms with Gasteiger partial charge in [-0.25, -0.2) is 8.78 Å². The molecule has 0 aromatic carbocycles. The molecule has 0 aliphatic rings. The van der Waals surface area contributed by atoms with Crippen molar-refractivity contribution in [3.05, 3.63) is 28.6 Å². The zero-order valence-corrected chi connectivity index (χ0v) is 9.33. The maximum atomic E-state index is 12.9. The summed E-state index contributed by atoms with van der Waals surface area (Å²) in [6.07, 6.45) is -1.96. The van der Waals surface area contributed by atoms with E-state index in [0.29, 0.717) is 0 Å². The fourth-order valence-electron chi connectivity index (χ4n) is 1.47. The monoisotopic (exact) mass is 240 g/mol. The number of carbonyl (C=O) groups excluding carboxylic acids is 1. The van der Waals surface area contributed by atoms with Crippen LogP contribution in [0.3, 0.4) is 0 Å². The molecule has 17 heavy (non-hydrogen) atoms. The van der Waals surface area contributed by atoms with E-state index in [1.54, 1.807) is 6.07 Å². The summed E-state index contributed by atoms with van der Waals surface area (Å²) in [6.45, 7) is 1.41. The second-order valence-electron chi connectivity index (χ2n) is 3.31. The number of alkyl halides is 2. The lowest BCUT2D eigenvalue weighted by molar-refractivity contribution is -0.139. The minimum atomic E-state index is -2.78. The summed E-state index contributed by atoms with van der Waals surface area (Å²) in [5.41, 5.74) is -0.300. The number of pyridine rings is 1. The molecule has 0 saturated heterocycles. The van der Waals surface area contributed by atoms with Crippen LogP contribution in [-0.2, 0) is 16.0 Å². The van der Waals surface area contributed by atoms with E-state index in [-0.39, 0.29) is 28.8 Å². The van der Waals surface area contributed by atoms with Crippen molar-refractivity contribution in [3.8, 4) is 6.07 Å². The molecule has 0 radical (unpaired) electrons. The van der Waals surface area contributed by atoms with Crippen LogP contribution in [-0.4, -0.2) is 18.1 Å². The molecule has 90 valence electrons. The highest BCUT2D eigenvalue weighted by Crippen LogP contribution is 2.28. The molecule has 0 spiro atoms. The van der Waals surface area contributed by atoms with Crippen molar-refractivity contribution in [3.63, 3.8) is 0 Å². The van der Waals surface area contributed by atoms with Crippen LogP contribution in [0.15, 0.2) is 6.20 Å². The van der Waals surface area contributed by atoms with Gasteiger partial charge in [0.2, 0.25) is 0 Å². The SMILES string of the molecule is COC(=O)Cc1c(C#N)cnc(C)c1C(F)F. The molecule has 0 bridgehead atoms. The fraction of sp³-hybridized carbons (Fsp3) is 0.364. The summed E-state index contributed by atoms with van der Waals surface area (Å²) < 4.78 is 30.1. The first-order valence-corrected chi connectivity index (χ1v) is 4.74. The van der Waals surface area contributed by atoms with Gasteiger partial charge in [-0.1, -0.05) is 0 Å². The molecule has 4 nitrogen and oxygen atoms in total. The second-order valence-corrected chi connectivity index (χ2v) is 3.31. The minimum absolute atomic E-state index is 0.0122. The summed E-state index contributed by atoms with van der Waals surface area (Å²) in [6, 6.07) is 1.74. The molecular weight excluding hydrogens is 230 g/mol. The van der Waals surface area contributed by atoms with Crippen LogP contribution in [0.25, 0.3) is 0 Å². The molecule has 6 heteroatoms. The molecule has 0 unspecified atom stereocenters. The van der Waals surface area contributed by atoms with Crippen molar-refractivity contribution in [2.24, 2.45) is 0 Å². The molecule has 0 aliphatic carbocycles. The van der Waals surface area contributed by atoms with E-state index in [0.717, 1.165) is 7.11 Å². The topological polar surface area (TPSA) is 63.0 Å². The van der Waals surface area contributed by atoms with Gasteiger partial charge >= 0.3 is 5.97 Å². The van der Waals surface area contributed by atoms with Gasteiger partial charge in [0, 0.05) is 17.5 Å². The third kappa shape index (κ3) is 2.75. The number of hydrogen-bond donors (Lipinski definition) is 0. The molecule has 1 aromatic rings. The number of hydrogen-bond acceptors (Lipinski definition) is 4. The molecule has 0 amide bonds. The van der Waals surface area contributed by atoms with Crippen LogP contribution in [0.5, 0.6) is 0 Å². The molecule has 0 N–H and O–H groups in total. The first-order valence-electron chi connectivity index (χ1n) is 4.74. The Balaban J connectivity index is 3.36. The van der Waals surface area contributed by atoms with E-state index in [4.69, 9.17) is 5.26 Å². The Kier molecular flexibility index (Phi) is 4.10. The Bertz CT molecular complexity index is 481. The maximum Gasteiger partial charge on any atom is 0.310 e.